The Balaban J connectivity index is 3.75. The predicted molar refractivity (Wildman–Crippen MR) is 139 cm³/mol. The average Bonchev–Trinajstić information content (AvgIpc) is 2.79. The molecule has 0 rings (SSSR count). The van der Waals surface area contributed by atoms with Crippen molar-refractivity contribution < 1.29 is 4.79 Å². The van der Waals surface area contributed by atoms with Crippen LogP contribution in [-0.4, -0.2) is 36.0 Å². The first-order valence-electron chi connectivity index (χ1n) is 14.1. The van der Waals surface area contributed by atoms with Crippen LogP contribution >= 0.6 is 0 Å². The van der Waals surface area contributed by atoms with Gasteiger partial charge in [0, 0.05) is 5.54 Å². The van der Waals surface area contributed by atoms with E-state index in [-0.39, 0.29) is 11.4 Å². The van der Waals surface area contributed by atoms with Gasteiger partial charge < -0.3 is 5.32 Å². The number of carbonyl (C=O) groups excluding carboxylic acids is 1. The summed E-state index contributed by atoms with van der Waals surface area (Å²) in [6.45, 7) is 13.4. The predicted octanol–water partition coefficient (Wildman–Crippen LogP) is 8.26. The molecule has 3 nitrogen and oxygen atoms in total. The van der Waals surface area contributed by atoms with Gasteiger partial charge >= 0.3 is 0 Å². The van der Waals surface area contributed by atoms with Gasteiger partial charge in [-0.2, -0.15) is 0 Å². The molecule has 0 unspecified atom stereocenters. The normalized spacial score (nSPS) is 11.9. The summed E-state index contributed by atoms with van der Waals surface area (Å²) in [5.41, 5.74) is 0.000769. The van der Waals surface area contributed by atoms with Crippen molar-refractivity contribution in [2.24, 2.45) is 0 Å². The molecule has 186 valence electrons. The smallest absolute Gasteiger partial charge is 0.234 e. The lowest BCUT2D eigenvalue weighted by atomic mass is 9.86. The van der Waals surface area contributed by atoms with Crippen LogP contribution in [0.15, 0.2) is 0 Å². The topological polar surface area (TPSA) is 32.3 Å². The van der Waals surface area contributed by atoms with Crippen molar-refractivity contribution in [1.82, 2.24) is 10.2 Å². The summed E-state index contributed by atoms with van der Waals surface area (Å²) in [4.78, 5) is 14.7. The zero-order valence-electron chi connectivity index (χ0n) is 22.2. The summed E-state index contributed by atoms with van der Waals surface area (Å²) in [5, 5.41) is 3.40. The van der Waals surface area contributed by atoms with E-state index in [0.29, 0.717) is 6.54 Å². The van der Waals surface area contributed by atoms with Crippen LogP contribution in [0.4, 0.5) is 0 Å². The van der Waals surface area contributed by atoms with E-state index in [4.69, 9.17) is 0 Å². The third-order valence-electron chi connectivity index (χ3n) is 7.28. The Labute approximate surface area is 196 Å². The Bertz CT molecular complexity index is 388. The van der Waals surface area contributed by atoms with E-state index < -0.39 is 0 Å². The molecular weight excluding hydrogens is 380 g/mol. The molecule has 0 fully saturated rings. The van der Waals surface area contributed by atoms with Crippen LogP contribution in [0.2, 0.25) is 0 Å². The van der Waals surface area contributed by atoms with Crippen molar-refractivity contribution in [2.75, 3.05) is 19.6 Å². The molecule has 0 saturated carbocycles. The second kappa shape index (κ2) is 21.3. The minimum absolute atomic E-state index is 0.000769. The van der Waals surface area contributed by atoms with Crippen molar-refractivity contribution in [3.63, 3.8) is 0 Å². The van der Waals surface area contributed by atoms with Crippen LogP contribution in [0.5, 0.6) is 0 Å². The fourth-order valence-electron chi connectivity index (χ4n) is 4.66. The second-order valence-corrected chi connectivity index (χ2v) is 9.70. The summed E-state index contributed by atoms with van der Waals surface area (Å²) in [6.07, 6.45) is 24.2. The largest absolute Gasteiger partial charge is 0.350 e. The minimum atomic E-state index is 0.000769. The zero-order chi connectivity index (χ0) is 23.2. The lowest BCUT2D eigenvalue weighted by molar-refractivity contribution is -0.124. The Kier molecular flexibility index (Phi) is 20.9. The maximum absolute atomic E-state index is 12.5. The van der Waals surface area contributed by atoms with Crippen molar-refractivity contribution in [3.8, 4) is 0 Å². The van der Waals surface area contributed by atoms with Gasteiger partial charge in [-0.25, -0.2) is 0 Å². The Morgan fingerprint density at radius 1 is 0.613 bits per heavy atom. The summed E-state index contributed by atoms with van der Waals surface area (Å²) >= 11 is 0. The molecule has 0 aromatic rings. The van der Waals surface area contributed by atoms with Gasteiger partial charge in [0.15, 0.2) is 0 Å². The fourth-order valence-corrected chi connectivity index (χ4v) is 4.66. The first kappa shape index (κ1) is 30.4. The third kappa shape index (κ3) is 16.7. The highest BCUT2D eigenvalue weighted by molar-refractivity contribution is 5.78. The molecule has 0 aromatic heterocycles. The van der Waals surface area contributed by atoms with Crippen LogP contribution in [0.3, 0.4) is 0 Å². The van der Waals surface area contributed by atoms with Crippen molar-refractivity contribution in [2.45, 2.75) is 156 Å². The van der Waals surface area contributed by atoms with Gasteiger partial charge in [-0.1, -0.05) is 131 Å². The molecular formula is C28H58N2O. The van der Waals surface area contributed by atoms with Crippen molar-refractivity contribution in [1.29, 1.82) is 0 Å². The summed E-state index contributed by atoms with van der Waals surface area (Å²) in [5.74, 6) is 0.202. The zero-order valence-corrected chi connectivity index (χ0v) is 22.2. The molecule has 0 aromatic carbocycles. The number of rotatable bonds is 23. The number of likely N-dealkylation sites (N-methyl/N-ethyl adjacent to an activating group) is 1. The number of nitrogens with zero attached hydrogens (tertiary/aromatic N) is 1. The van der Waals surface area contributed by atoms with Gasteiger partial charge in [0.05, 0.1) is 6.54 Å². The second-order valence-electron chi connectivity index (χ2n) is 9.70. The van der Waals surface area contributed by atoms with E-state index in [0.717, 1.165) is 32.4 Å². The van der Waals surface area contributed by atoms with Gasteiger partial charge in [-0.05, 0) is 32.4 Å². The molecule has 0 spiro atoms. The van der Waals surface area contributed by atoms with Gasteiger partial charge in [0.1, 0.15) is 0 Å². The highest BCUT2D eigenvalue weighted by Gasteiger charge is 2.27. The van der Waals surface area contributed by atoms with Crippen molar-refractivity contribution >= 4 is 5.91 Å². The summed E-state index contributed by atoms with van der Waals surface area (Å²) < 4.78 is 0. The van der Waals surface area contributed by atoms with Crippen molar-refractivity contribution in [3.05, 3.63) is 0 Å². The van der Waals surface area contributed by atoms with Crippen LogP contribution in [0.25, 0.3) is 0 Å². The number of hydrogen-bond donors (Lipinski definition) is 1. The van der Waals surface area contributed by atoms with E-state index in [1.807, 2.05) is 0 Å². The fraction of sp³-hybridized carbons (Fsp3) is 0.964. The molecule has 1 N–H and O–H groups in total. The monoisotopic (exact) mass is 438 g/mol. The molecule has 0 aliphatic heterocycles. The molecule has 0 bridgehead atoms. The number of nitrogens with one attached hydrogen (secondary N) is 1. The lowest BCUT2D eigenvalue weighted by Crippen LogP contribution is -2.50. The van der Waals surface area contributed by atoms with Crippen LogP contribution in [-0.2, 0) is 4.79 Å². The number of carbonyl (C=O) groups is 1. The molecule has 31 heavy (non-hydrogen) atoms. The summed E-state index contributed by atoms with van der Waals surface area (Å²) in [6, 6.07) is 0. The molecule has 3 heteroatoms. The SMILES string of the molecule is CCCCCCCCCCCCCCCCCC(CC)(CC)NC(=O)CN(CC)CC. The van der Waals surface area contributed by atoms with Crippen LogP contribution in [0, 0.1) is 0 Å². The maximum atomic E-state index is 12.5. The first-order chi connectivity index (χ1) is 15.1. The quantitative estimate of drug-likeness (QED) is 0.163. The standard InChI is InChI=1S/C28H58N2O/c1-6-11-12-13-14-15-16-17-18-19-20-21-22-23-24-25-28(7-2,8-3)29-27(31)26-30(9-4)10-5/h6-26H2,1-5H3,(H,29,31). The molecule has 0 heterocycles. The van der Waals surface area contributed by atoms with E-state index in [1.165, 1.54) is 96.3 Å². The highest BCUT2D eigenvalue weighted by atomic mass is 16.2. The lowest BCUT2D eigenvalue weighted by Gasteiger charge is -2.34. The van der Waals surface area contributed by atoms with E-state index >= 15 is 0 Å². The Morgan fingerprint density at radius 2 is 1.00 bits per heavy atom. The molecule has 0 aliphatic carbocycles. The number of hydrogen-bond acceptors (Lipinski definition) is 2. The first-order valence-corrected chi connectivity index (χ1v) is 14.1. The van der Waals surface area contributed by atoms with Gasteiger partial charge in [-0.15, -0.1) is 0 Å². The van der Waals surface area contributed by atoms with Crippen LogP contribution in [0.1, 0.15) is 150 Å². The third-order valence-corrected chi connectivity index (χ3v) is 7.28. The highest BCUT2D eigenvalue weighted by Crippen LogP contribution is 2.24. The maximum Gasteiger partial charge on any atom is 0.234 e. The molecule has 0 radical (unpaired) electrons. The van der Waals surface area contributed by atoms with E-state index in [2.05, 4.69) is 44.8 Å². The molecule has 1 amide bonds. The number of unbranched alkanes of at least 4 members (excludes halogenated alkanes) is 14. The summed E-state index contributed by atoms with van der Waals surface area (Å²) in [7, 11) is 0. The molecule has 0 aliphatic rings. The van der Waals surface area contributed by atoms with Gasteiger partial charge in [0.25, 0.3) is 0 Å². The van der Waals surface area contributed by atoms with Gasteiger partial charge in [-0.3, -0.25) is 9.69 Å². The molecule has 0 saturated heterocycles. The van der Waals surface area contributed by atoms with E-state index in [9.17, 15) is 4.79 Å². The van der Waals surface area contributed by atoms with E-state index in [1.54, 1.807) is 0 Å². The van der Waals surface area contributed by atoms with Gasteiger partial charge in [0.2, 0.25) is 5.91 Å². The number of amides is 1. The Hall–Kier alpha value is -0.570. The molecule has 0 atom stereocenters. The van der Waals surface area contributed by atoms with Crippen LogP contribution < -0.4 is 5.32 Å². The minimum Gasteiger partial charge on any atom is -0.350 e. The average molecular weight is 439 g/mol. The Morgan fingerprint density at radius 3 is 1.35 bits per heavy atom.